The molecule has 0 unspecified atom stereocenters. The molecule has 0 aliphatic heterocycles. The van der Waals surface area contributed by atoms with Crippen LogP contribution in [0, 0.1) is 13.8 Å². The fraction of sp³-hybridized carbons (Fsp3) is 0.440. The normalized spacial score (nSPS) is 12.4. The molecule has 0 radical (unpaired) electrons. The molecule has 2 amide bonds. The summed E-state index contributed by atoms with van der Waals surface area (Å²) in [5, 5.41) is 3.48. The Hall–Kier alpha value is -2.33. The van der Waals surface area contributed by atoms with E-state index in [2.05, 4.69) is 5.32 Å². The quantitative estimate of drug-likeness (QED) is 0.449. The number of hydrogen-bond acceptors (Lipinski definition) is 4. The fourth-order valence-corrected chi connectivity index (χ4v) is 5.15. The number of benzene rings is 2. The van der Waals surface area contributed by atoms with Gasteiger partial charge in [0.2, 0.25) is 11.8 Å². The molecule has 2 rings (SSSR count). The lowest BCUT2D eigenvalue weighted by Gasteiger charge is -2.33. The SMILES string of the molecule is CCCNC(=O)[C@H](C)N(Cc1c(Cl)cccc1Cl)C(=O)CN(c1cc(C)ccc1C)S(=O)(=O)N(C)C. The van der Waals surface area contributed by atoms with Gasteiger partial charge in [0.15, 0.2) is 0 Å². The van der Waals surface area contributed by atoms with Crippen LogP contribution in [0.2, 0.25) is 10.0 Å². The highest BCUT2D eigenvalue weighted by Gasteiger charge is 2.33. The number of rotatable bonds is 11. The van der Waals surface area contributed by atoms with Gasteiger partial charge in [-0.1, -0.05) is 48.3 Å². The Kier molecular flexibility index (Phi) is 10.6. The summed E-state index contributed by atoms with van der Waals surface area (Å²) < 4.78 is 28.8. The van der Waals surface area contributed by atoms with Crippen LogP contribution in [0.1, 0.15) is 37.0 Å². The summed E-state index contributed by atoms with van der Waals surface area (Å²) in [4.78, 5) is 27.9. The monoisotopic (exact) mass is 556 g/mol. The minimum Gasteiger partial charge on any atom is -0.354 e. The number of aryl methyl sites for hydroxylation is 2. The number of anilines is 1. The van der Waals surface area contributed by atoms with E-state index in [4.69, 9.17) is 23.2 Å². The molecule has 0 aromatic heterocycles. The third-order valence-electron chi connectivity index (χ3n) is 5.76. The van der Waals surface area contributed by atoms with E-state index in [0.717, 1.165) is 20.6 Å². The number of hydrogen-bond donors (Lipinski definition) is 1. The molecule has 0 bridgehead atoms. The van der Waals surface area contributed by atoms with Crippen LogP contribution in [-0.2, 0) is 26.3 Å². The van der Waals surface area contributed by atoms with Crippen molar-refractivity contribution in [3.8, 4) is 0 Å². The van der Waals surface area contributed by atoms with Crippen LogP contribution >= 0.6 is 23.2 Å². The van der Waals surface area contributed by atoms with Gasteiger partial charge >= 0.3 is 10.2 Å². The molecule has 198 valence electrons. The van der Waals surface area contributed by atoms with E-state index in [1.165, 1.54) is 19.0 Å². The molecule has 0 saturated carbocycles. The first-order valence-corrected chi connectivity index (χ1v) is 13.7. The number of carbonyl (C=O) groups is 2. The predicted octanol–water partition coefficient (Wildman–Crippen LogP) is 4.17. The molecule has 1 N–H and O–H groups in total. The Bertz CT molecular complexity index is 1180. The first-order valence-electron chi connectivity index (χ1n) is 11.6. The second-order valence-corrected chi connectivity index (χ2v) is 11.7. The maximum Gasteiger partial charge on any atom is 0.304 e. The molecular weight excluding hydrogens is 523 g/mol. The molecule has 0 fully saturated rings. The van der Waals surface area contributed by atoms with Crippen molar-refractivity contribution in [3.63, 3.8) is 0 Å². The number of carbonyl (C=O) groups excluding carboxylic acids is 2. The summed E-state index contributed by atoms with van der Waals surface area (Å²) in [5.74, 6) is -0.932. The minimum atomic E-state index is -4.04. The van der Waals surface area contributed by atoms with E-state index in [1.54, 1.807) is 44.2 Å². The number of nitrogens with one attached hydrogen (secondary N) is 1. The standard InChI is InChI=1S/C25H34Cl2N4O4S/c1-7-13-28-25(33)19(4)30(15-20-21(26)9-8-10-22(20)27)24(32)16-31(36(34,35)29(5)6)23-14-17(2)11-12-18(23)3/h8-12,14,19H,7,13,15-16H2,1-6H3,(H,28,33)/t19-/m0/s1. The molecule has 2 aromatic rings. The highest BCUT2D eigenvalue weighted by atomic mass is 35.5. The largest absolute Gasteiger partial charge is 0.354 e. The van der Waals surface area contributed by atoms with Crippen molar-refractivity contribution >= 4 is 50.9 Å². The smallest absolute Gasteiger partial charge is 0.304 e. The molecule has 0 spiro atoms. The molecule has 8 nitrogen and oxygen atoms in total. The van der Waals surface area contributed by atoms with E-state index >= 15 is 0 Å². The molecule has 0 aliphatic rings. The highest BCUT2D eigenvalue weighted by Crippen LogP contribution is 2.28. The van der Waals surface area contributed by atoms with E-state index < -0.39 is 28.7 Å². The topological polar surface area (TPSA) is 90.0 Å². The van der Waals surface area contributed by atoms with Crippen molar-refractivity contribution in [1.82, 2.24) is 14.5 Å². The van der Waals surface area contributed by atoms with Gasteiger partial charge in [0.25, 0.3) is 0 Å². The lowest BCUT2D eigenvalue weighted by Crippen LogP contribution is -2.52. The third-order valence-corrected chi connectivity index (χ3v) is 8.27. The first kappa shape index (κ1) is 29.9. The minimum absolute atomic E-state index is 0.0687. The Morgan fingerprint density at radius 1 is 1.06 bits per heavy atom. The zero-order chi connectivity index (χ0) is 27.2. The molecule has 11 heteroatoms. The van der Waals surface area contributed by atoms with Crippen molar-refractivity contribution in [1.29, 1.82) is 0 Å². The van der Waals surface area contributed by atoms with E-state index in [0.29, 0.717) is 33.4 Å². The summed E-state index contributed by atoms with van der Waals surface area (Å²) in [6, 6.07) is 9.46. The lowest BCUT2D eigenvalue weighted by atomic mass is 10.1. The van der Waals surface area contributed by atoms with Crippen molar-refractivity contribution < 1.29 is 18.0 Å². The zero-order valence-electron chi connectivity index (χ0n) is 21.5. The maximum absolute atomic E-state index is 13.8. The van der Waals surface area contributed by atoms with Crippen LogP contribution in [0.3, 0.4) is 0 Å². The van der Waals surface area contributed by atoms with Crippen molar-refractivity contribution in [2.45, 2.75) is 46.7 Å². The molecule has 0 aliphatic carbocycles. The van der Waals surface area contributed by atoms with Crippen LogP contribution in [-0.4, -0.2) is 62.7 Å². The molecule has 36 heavy (non-hydrogen) atoms. The van der Waals surface area contributed by atoms with Gasteiger partial charge < -0.3 is 10.2 Å². The highest BCUT2D eigenvalue weighted by molar-refractivity contribution is 7.90. The Morgan fingerprint density at radius 3 is 2.22 bits per heavy atom. The van der Waals surface area contributed by atoms with Crippen molar-refractivity contribution in [2.24, 2.45) is 0 Å². The average Bonchev–Trinajstić information content (AvgIpc) is 2.81. The predicted molar refractivity (Wildman–Crippen MR) is 146 cm³/mol. The summed E-state index contributed by atoms with van der Waals surface area (Å²) in [6.07, 6.45) is 0.726. The first-order chi connectivity index (χ1) is 16.8. The van der Waals surface area contributed by atoms with Crippen molar-refractivity contribution in [2.75, 3.05) is 31.5 Å². The van der Waals surface area contributed by atoms with Gasteiger partial charge in [0.1, 0.15) is 12.6 Å². The second-order valence-electron chi connectivity index (χ2n) is 8.78. The molecular formula is C25H34Cl2N4O4S. The number of amides is 2. The van der Waals surface area contributed by atoms with Gasteiger partial charge in [-0.05, 0) is 56.5 Å². The molecule has 0 heterocycles. The fourth-order valence-electron chi connectivity index (χ4n) is 3.52. The lowest BCUT2D eigenvalue weighted by molar-refractivity contribution is -0.139. The molecule has 1 atom stereocenters. The van der Waals surface area contributed by atoms with Gasteiger partial charge in [-0.25, -0.2) is 4.31 Å². The van der Waals surface area contributed by atoms with Gasteiger partial charge in [0, 0.05) is 42.8 Å². The third kappa shape index (κ3) is 7.12. The van der Waals surface area contributed by atoms with Crippen LogP contribution in [0.4, 0.5) is 5.69 Å². The van der Waals surface area contributed by atoms with Crippen LogP contribution in [0.5, 0.6) is 0 Å². The summed E-state index contributed by atoms with van der Waals surface area (Å²) in [7, 11) is -1.24. The van der Waals surface area contributed by atoms with E-state index in [-0.39, 0.29) is 12.5 Å². The van der Waals surface area contributed by atoms with Crippen molar-refractivity contribution in [3.05, 3.63) is 63.1 Å². The van der Waals surface area contributed by atoms with Gasteiger partial charge in [-0.2, -0.15) is 12.7 Å². The van der Waals surface area contributed by atoms with Gasteiger partial charge in [0.05, 0.1) is 5.69 Å². The Labute approximate surface area is 224 Å². The number of halogens is 2. The number of nitrogens with zero attached hydrogens (tertiary/aromatic N) is 3. The van der Waals surface area contributed by atoms with Gasteiger partial charge in [-0.3, -0.25) is 9.59 Å². The van der Waals surface area contributed by atoms with Crippen LogP contribution in [0.15, 0.2) is 36.4 Å². The Morgan fingerprint density at radius 2 is 1.67 bits per heavy atom. The summed E-state index contributed by atoms with van der Waals surface area (Å²) in [6.45, 7) is 7.00. The zero-order valence-corrected chi connectivity index (χ0v) is 23.8. The second kappa shape index (κ2) is 12.8. The van der Waals surface area contributed by atoms with Gasteiger partial charge in [-0.15, -0.1) is 0 Å². The summed E-state index contributed by atoms with van der Waals surface area (Å²) >= 11 is 12.7. The summed E-state index contributed by atoms with van der Waals surface area (Å²) in [5.41, 5.74) is 2.39. The van der Waals surface area contributed by atoms with E-state index in [1.807, 2.05) is 19.9 Å². The molecule has 0 saturated heterocycles. The maximum atomic E-state index is 13.8. The van der Waals surface area contributed by atoms with Crippen LogP contribution in [0.25, 0.3) is 0 Å². The Balaban J connectivity index is 2.55. The van der Waals surface area contributed by atoms with Crippen LogP contribution < -0.4 is 9.62 Å². The van der Waals surface area contributed by atoms with E-state index in [9.17, 15) is 18.0 Å². The molecule has 2 aromatic carbocycles. The average molecular weight is 558 g/mol.